The Balaban J connectivity index is 0. The Labute approximate surface area is 143 Å². The molecular weight excluding hydrogens is 316 g/mol. The van der Waals surface area contributed by atoms with Crippen molar-refractivity contribution >= 4 is 21.6 Å². The molecule has 0 aromatic rings. The smallest absolute Gasteiger partial charge is 0.147 e. The normalized spacial score (nSPS) is 12.7. The highest BCUT2D eigenvalue weighted by Gasteiger charge is 2.08. The predicted molar refractivity (Wildman–Crippen MR) is 103 cm³/mol. The van der Waals surface area contributed by atoms with Crippen LogP contribution in [0.2, 0.25) is 0 Å². The van der Waals surface area contributed by atoms with Gasteiger partial charge in [-0.2, -0.15) is 11.8 Å². The molecule has 0 saturated heterocycles. The van der Waals surface area contributed by atoms with Crippen molar-refractivity contribution in [3.05, 3.63) is 0 Å². The van der Waals surface area contributed by atoms with Gasteiger partial charge in [0.25, 0.3) is 0 Å². The fourth-order valence-electron chi connectivity index (χ4n) is 1.48. The first-order chi connectivity index (χ1) is 9.77. The van der Waals surface area contributed by atoms with Gasteiger partial charge >= 0.3 is 0 Å². The molecule has 0 aromatic heterocycles. The van der Waals surface area contributed by atoms with Crippen LogP contribution < -0.4 is 10.6 Å². The lowest BCUT2D eigenvalue weighted by atomic mass is 10.1. The van der Waals surface area contributed by atoms with Crippen molar-refractivity contribution in [1.82, 2.24) is 10.6 Å². The first kappa shape index (κ1) is 24.5. The van der Waals surface area contributed by atoms with Crippen LogP contribution in [-0.2, 0) is 9.84 Å². The van der Waals surface area contributed by atoms with Gasteiger partial charge in [0.1, 0.15) is 9.84 Å². The van der Waals surface area contributed by atoms with Gasteiger partial charge in [-0.15, -0.1) is 0 Å². The van der Waals surface area contributed by atoms with E-state index in [1.807, 2.05) is 11.8 Å². The first-order valence-corrected chi connectivity index (χ1v) is 11.4. The Morgan fingerprint density at radius 3 is 1.59 bits per heavy atom. The van der Waals surface area contributed by atoms with Crippen molar-refractivity contribution in [1.29, 1.82) is 0 Å². The Morgan fingerprint density at radius 1 is 0.864 bits per heavy atom. The van der Waals surface area contributed by atoms with E-state index in [-0.39, 0.29) is 11.3 Å². The Bertz CT molecular complexity index is 355. The summed E-state index contributed by atoms with van der Waals surface area (Å²) in [6, 6.07) is 0. The summed E-state index contributed by atoms with van der Waals surface area (Å²) in [6.45, 7) is 14.7. The molecule has 2 N–H and O–H groups in total. The summed E-state index contributed by atoms with van der Waals surface area (Å²) in [5, 5.41) is 6.67. The largest absolute Gasteiger partial charge is 0.312 e. The van der Waals surface area contributed by atoms with Crippen LogP contribution in [0.1, 0.15) is 54.4 Å². The van der Waals surface area contributed by atoms with Crippen LogP contribution in [0.3, 0.4) is 0 Å². The van der Waals surface area contributed by atoms with Gasteiger partial charge in [0.15, 0.2) is 0 Å². The molecule has 0 bridgehead atoms. The molecule has 0 aliphatic rings. The monoisotopic (exact) mass is 354 g/mol. The Hall–Kier alpha value is 0.220. The molecule has 0 aromatic carbocycles. The summed E-state index contributed by atoms with van der Waals surface area (Å²) in [7, 11) is -2.78. The number of sulfone groups is 1. The maximum Gasteiger partial charge on any atom is 0.147 e. The number of nitrogens with one attached hydrogen (secondary N) is 2. The van der Waals surface area contributed by atoms with Crippen LogP contribution in [0.25, 0.3) is 0 Å². The first-order valence-electron chi connectivity index (χ1n) is 7.93. The standard InChI is InChI=1S/C8H19NO2S.C8H19NS/c1-8(2,3)9-6-5-7-12(4,10)11;1-8(2,3)9-6-5-7-10-4/h9H,5-7H2,1-4H3;9H,5-7H2,1-4H3. The zero-order chi connectivity index (χ0) is 17.9. The zero-order valence-corrected chi connectivity index (χ0v) is 17.5. The van der Waals surface area contributed by atoms with Gasteiger partial charge in [-0.25, -0.2) is 8.42 Å². The molecular formula is C16H38N2O2S2. The molecule has 4 nitrogen and oxygen atoms in total. The minimum atomic E-state index is -2.78. The summed E-state index contributed by atoms with van der Waals surface area (Å²) in [4.78, 5) is 0. The second-order valence-electron chi connectivity index (χ2n) is 7.68. The van der Waals surface area contributed by atoms with Gasteiger partial charge < -0.3 is 10.6 Å². The van der Waals surface area contributed by atoms with E-state index in [2.05, 4.69) is 58.4 Å². The second-order valence-corrected chi connectivity index (χ2v) is 10.9. The number of hydrogen-bond acceptors (Lipinski definition) is 5. The Morgan fingerprint density at radius 2 is 1.27 bits per heavy atom. The summed E-state index contributed by atoms with van der Waals surface area (Å²) < 4.78 is 21.5. The topological polar surface area (TPSA) is 58.2 Å². The van der Waals surface area contributed by atoms with Crippen LogP contribution in [0.5, 0.6) is 0 Å². The van der Waals surface area contributed by atoms with Crippen molar-refractivity contribution < 1.29 is 8.42 Å². The fourth-order valence-corrected chi connectivity index (χ4v) is 2.58. The zero-order valence-electron chi connectivity index (χ0n) is 15.9. The molecule has 136 valence electrons. The molecule has 0 aliphatic heterocycles. The van der Waals surface area contributed by atoms with Crippen LogP contribution >= 0.6 is 11.8 Å². The van der Waals surface area contributed by atoms with Gasteiger partial charge in [0.05, 0.1) is 5.75 Å². The third kappa shape index (κ3) is 28.4. The third-order valence-electron chi connectivity index (χ3n) is 2.53. The molecule has 0 radical (unpaired) electrons. The van der Waals surface area contributed by atoms with E-state index in [0.717, 1.165) is 13.1 Å². The van der Waals surface area contributed by atoms with Gasteiger partial charge in [-0.1, -0.05) is 0 Å². The molecule has 0 fully saturated rings. The highest BCUT2D eigenvalue weighted by molar-refractivity contribution is 7.98. The highest BCUT2D eigenvalue weighted by atomic mass is 32.2. The number of hydrogen-bond donors (Lipinski definition) is 2. The molecule has 0 heterocycles. The van der Waals surface area contributed by atoms with E-state index >= 15 is 0 Å². The minimum absolute atomic E-state index is 0.0809. The average Bonchev–Trinajstić information content (AvgIpc) is 2.28. The lowest BCUT2D eigenvalue weighted by Gasteiger charge is -2.20. The predicted octanol–water partition coefficient (Wildman–Crippen LogP) is 2.94. The molecule has 0 spiro atoms. The Kier molecular flexibility index (Phi) is 13.0. The molecule has 0 aliphatic carbocycles. The number of rotatable bonds is 8. The van der Waals surface area contributed by atoms with Gasteiger partial charge in [-0.05, 0) is 79.5 Å². The van der Waals surface area contributed by atoms with Crippen molar-refractivity contribution in [2.24, 2.45) is 0 Å². The van der Waals surface area contributed by atoms with Crippen molar-refractivity contribution in [2.75, 3.05) is 37.1 Å². The highest BCUT2D eigenvalue weighted by Crippen LogP contribution is 2.00. The summed E-state index contributed by atoms with van der Waals surface area (Å²) >= 11 is 1.91. The lowest BCUT2D eigenvalue weighted by molar-refractivity contribution is 0.426. The molecule has 0 saturated carbocycles. The molecule has 0 rings (SSSR count). The third-order valence-corrected chi connectivity index (χ3v) is 4.25. The average molecular weight is 355 g/mol. The van der Waals surface area contributed by atoms with E-state index < -0.39 is 9.84 Å². The summed E-state index contributed by atoms with van der Waals surface area (Å²) in [5.74, 6) is 1.54. The second kappa shape index (κ2) is 11.7. The maximum atomic E-state index is 10.7. The quantitative estimate of drug-likeness (QED) is 0.656. The summed E-state index contributed by atoms with van der Waals surface area (Å²) in [5.41, 5.74) is 0.371. The molecule has 0 atom stereocenters. The maximum absolute atomic E-state index is 10.7. The van der Waals surface area contributed by atoms with Gasteiger partial charge in [-0.3, -0.25) is 0 Å². The molecule has 22 heavy (non-hydrogen) atoms. The van der Waals surface area contributed by atoms with Crippen molar-refractivity contribution in [3.63, 3.8) is 0 Å². The van der Waals surface area contributed by atoms with Gasteiger partial charge in [0.2, 0.25) is 0 Å². The van der Waals surface area contributed by atoms with Gasteiger partial charge in [0, 0.05) is 17.3 Å². The van der Waals surface area contributed by atoms with E-state index in [4.69, 9.17) is 0 Å². The molecule has 6 heteroatoms. The number of thioether (sulfide) groups is 1. The van der Waals surface area contributed by atoms with E-state index in [1.165, 1.54) is 18.4 Å². The van der Waals surface area contributed by atoms with Crippen LogP contribution in [0.15, 0.2) is 0 Å². The summed E-state index contributed by atoms with van der Waals surface area (Å²) in [6.07, 6.45) is 5.38. The molecule has 0 amide bonds. The van der Waals surface area contributed by atoms with Crippen LogP contribution in [0.4, 0.5) is 0 Å². The lowest BCUT2D eigenvalue weighted by Crippen LogP contribution is -2.36. The minimum Gasteiger partial charge on any atom is -0.312 e. The van der Waals surface area contributed by atoms with Crippen molar-refractivity contribution in [2.45, 2.75) is 65.5 Å². The van der Waals surface area contributed by atoms with Crippen LogP contribution in [-0.4, -0.2) is 56.6 Å². The molecule has 0 unspecified atom stereocenters. The fraction of sp³-hybridized carbons (Fsp3) is 1.00. The van der Waals surface area contributed by atoms with Crippen LogP contribution in [0, 0.1) is 0 Å². The SMILES string of the molecule is CC(C)(C)NCCCS(C)(=O)=O.CSCCCNC(C)(C)C. The van der Waals surface area contributed by atoms with E-state index in [9.17, 15) is 8.42 Å². The van der Waals surface area contributed by atoms with E-state index in [1.54, 1.807) is 0 Å². The van der Waals surface area contributed by atoms with E-state index in [0.29, 0.717) is 12.0 Å². The van der Waals surface area contributed by atoms with Crippen molar-refractivity contribution in [3.8, 4) is 0 Å².